The lowest BCUT2D eigenvalue weighted by Crippen LogP contribution is -2.60. The highest BCUT2D eigenvalue weighted by molar-refractivity contribution is 5.91. The number of hydrogen-bond acceptors (Lipinski definition) is 2. The van der Waals surface area contributed by atoms with E-state index in [-0.39, 0.29) is 11.8 Å². The Balaban J connectivity index is 2.00. The van der Waals surface area contributed by atoms with Crippen molar-refractivity contribution in [2.24, 2.45) is 0 Å². The smallest absolute Gasteiger partial charge is 0.248 e. The van der Waals surface area contributed by atoms with E-state index in [2.05, 4.69) is 36.5 Å². The van der Waals surface area contributed by atoms with Crippen molar-refractivity contribution in [2.75, 3.05) is 13.1 Å². The molecule has 0 spiro atoms. The van der Waals surface area contributed by atoms with Crippen molar-refractivity contribution < 1.29 is 9.59 Å². The van der Waals surface area contributed by atoms with Crippen LogP contribution in [0.5, 0.6) is 0 Å². The SMILES string of the molecule is CCc1ccc(CCC(=O)NC2(C(=O)N(CC)CC)CCCCC2)cc1. The summed E-state index contributed by atoms with van der Waals surface area (Å²) < 4.78 is 0. The molecule has 2 rings (SSSR count). The predicted molar refractivity (Wildman–Crippen MR) is 106 cm³/mol. The van der Waals surface area contributed by atoms with Crippen molar-refractivity contribution in [3.63, 3.8) is 0 Å². The minimum absolute atomic E-state index is 0.00743. The first-order valence-corrected chi connectivity index (χ1v) is 10.2. The third kappa shape index (κ3) is 5.09. The Morgan fingerprint density at radius 3 is 2.08 bits per heavy atom. The minimum atomic E-state index is -0.687. The molecule has 4 heteroatoms. The number of benzene rings is 1. The molecule has 1 fully saturated rings. The molecule has 0 saturated heterocycles. The zero-order valence-corrected chi connectivity index (χ0v) is 16.6. The Bertz CT molecular complexity index is 585. The Morgan fingerprint density at radius 1 is 0.962 bits per heavy atom. The van der Waals surface area contributed by atoms with Crippen LogP contribution in [-0.4, -0.2) is 35.3 Å². The van der Waals surface area contributed by atoms with E-state index in [1.165, 1.54) is 11.1 Å². The quantitative estimate of drug-likeness (QED) is 0.767. The van der Waals surface area contributed by atoms with E-state index < -0.39 is 5.54 Å². The van der Waals surface area contributed by atoms with E-state index in [4.69, 9.17) is 0 Å². The molecule has 0 aromatic heterocycles. The van der Waals surface area contributed by atoms with Crippen molar-refractivity contribution in [1.82, 2.24) is 10.2 Å². The van der Waals surface area contributed by atoms with Crippen LogP contribution >= 0.6 is 0 Å². The summed E-state index contributed by atoms with van der Waals surface area (Å²) in [5.41, 5.74) is 1.79. The lowest BCUT2D eigenvalue weighted by Gasteiger charge is -2.40. The van der Waals surface area contributed by atoms with Gasteiger partial charge in [-0.1, -0.05) is 50.5 Å². The largest absolute Gasteiger partial charge is 0.342 e. The van der Waals surface area contributed by atoms with Crippen LogP contribution in [0.1, 0.15) is 70.4 Å². The third-order valence-electron chi connectivity index (χ3n) is 5.62. The number of hydrogen-bond donors (Lipinski definition) is 1. The van der Waals surface area contributed by atoms with Crippen LogP contribution in [0.2, 0.25) is 0 Å². The van der Waals surface area contributed by atoms with E-state index in [0.29, 0.717) is 25.9 Å². The summed E-state index contributed by atoms with van der Waals surface area (Å²) in [7, 11) is 0. The monoisotopic (exact) mass is 358 g/mol. The van der Waals surface area contributed by atoms with E-state index in [1.54, 1.807) is 0 Å². The average molecular weight is 359 g/mol. The maximum absolute atomic E-state index is 13.1. The summed E-state index contributed by atoms with van der Waals surface area (Å²) in [4.78, 5) is 27.6. The van der Waals surface area contributed by atoms with Crippen molar-refractivity contribution in [2.45, 2.75) is 77.7 Å². The summed E-state index contributed by atoms with van der Waals surface area (Å²) in [6, 6.07) is 8.45. The molecule has 1 aliphatic rings. The molecular weight excluding hydrogens is 324 g/mol. The maximum atomic E-state index is 13.1. The van der Waals surface area contributed by atoms with Crippen molar-refractivity contribution in [3.05, 3.63) is 35.4 Å². The first kappa shape index (κ1) is 20.5. The summed E-state index contributed by atoms with van der Waals surface area (Å²) >= 11 is 0. The highest BCUT2D eigenvalue weighted by Gasteiger charge is 2.42. The Hall–Kier alpha value is -1.84. The van der Waals surface area contributed by atoms with Crippen molar-refractivity contribution in [1.29, 1.82) is 0 Å². The van der Waals surface area contributed by atoms with Gasteiger partial charge in [-0.25, -0.2) is 0 Å². The van der Waals surface area contributed by atoms with E-state index in [0.717, 1.165) is 38.5 Å². The van der Waals surface area contributed by atoms with E-state index in [1.807, 2.05) is 18.7 Å². The van der Waals surface area contributed by atoms with Gasteiger partial charge in [0.15, 0.2) is 0 Å². The highest BCUT2D eigenvalue weighted by atomic mass is 16.2. The van der Waals surface area contributed by atoms with Gasteiger partial charge >= 0.3 is 0 Å². The zero-order valence-electron chi connectivity index (χ0n) is 16.6. The normalized spacial score (nSPS) is 16.1. The van der Waals surface area contributed by atoms with Gasteiger partial charge in [-0.2, -0.15) is 0 Å². The standard InChI is InChI=1S/C22H34N2O2/c1-4-18-10-12-19(13-11-18)14-15-20(25)23-22(16-8-7-9-17-22)21(26)24(5-2)6-3/h10-13H,4-9,14-17H2,1-3H3,(H,23,25). The van der Waals surface area contributed by atoms with Gasteiger partial charge < -0.3 is 10.2 Å². The molecule has 1 aromatic rings. The molecule has 26 heavy (non-hydrogen) atoms. The van der Waals surface area contributed by atoms with Crippen LogP contribution < -0.4 is 5.32 Å². The molecule has 1 saturated carbocycles. The predicted octanol–water partition coefficient (Wildman–Crippen LogP) is 3.87. The molecule has 0 aliphatic heterocycles. The van der Waals surface area contributed by atoms with Gasteiger partial charge in [-0.05, 0) is 50.7 Å². The lowest BCUT2D eigenvalue weighted by molar-refractivity contribution is -0.143. The number of carbonyl (C=O) groups is 2. The van der Waals surface area contributed by atoms with Gasteiger partial charge in [0.2, 0.25) is 11.8 Å². The topological polar surface area (TPSA) is 49.4 Å². The molecule has 1 N–H and O–H groups in total. The molecule has 1 aliphatic carbocycles. The van der Waals surface area contributed by atoms with Crippen LogP contribution in [0, 0.1) is 0 Å². The molecule has 0 unspecified atom stereocenters. The van der Waals surface area contributed by atoms with Crippen molar-refractivity contribution >= 4 is 11.8 Å². The molecule has 1 aromatic carbocycles. The summed E-state index contributed by atoms with van der Waals surface area (Å²) in [6.45, 7) is 7.52. The molecule has 0 radical (unpaired) electrons. The molecule has 144 valence electrons. The number of rotatable bonds is 8. The van der Waals surface area contributed by atoms with E-state index in [9.17, 15) is 9.59 Å². The van der Waals surface area contributed by atoms with Crippen LogP contribution in [0.25, 0.3) is 0 Å². The zero-order chi connectivity index (χ0) is 19.0. The Morgan fingerprint density at radius 2 is 1.54 bits per heavy atom. The highest BCUT2D eigenvalue weighted by Crippen LogP contribution is 2.30. The second-order valence-corrected chi connectivity index (χ2v) is 7.34. The van der Waals surface area contributed by atoms with Crippen LogP contribution in [0.4, 0.5) is 0 Å². The van der Waals surface area contributed by atoms with Crippen LogP contribution in [0.15, 0.2) is 24.3 Å². The van der Waals surface area contributed by atoms with Gasteiger partial charge in [0.25, 0.3) is 0 Å². The first-order valence-electron chi connectivity index (χ1n) is 10.2. The summed E-state index contributed by atoms with van der Waals surface area (Å²) in [5, 5.41) is 3.14. The average Bonchev–Trinajstić information content (AvgIpc) is 2.68. The number of carbonyl (C=O) groups excluding carboxylic acids is 2. The van der Waals surface area contributed by atoms with Crippen LogP contribution in [-0.2, 0) is 22.4 Å². The van der Waals surface area contributed by atoms with Gasteiger partial charge in [0, 0.05) is 19.5 Å². The Labute approximate surface area is 158 Å². The number of amides is 2. The van der Waals surface area contributed by atoms with Crippen molar-refractivity contribution in [3.8, 4) is 0 Å². The number of aryl methyl sites for hydroxylation is 2. The van der Waals surface area contributed by atoms with Gasteiger partial charge in [0.1, 0.15) is 5.54 Å². The summed E-state index contributed by atoms with van der Waals surface area (Å²) in [5.74, 6) is 0.0924. The van der Waals surface area contributed by atoms with Gasteiger partial charge in [0.05, 0.1) is 0 Å². The first-order chi connectivity index (χ1) is 12.5. The molecule has 0 bridgehead atoms. The van der Waals surface area contributed by atoms with E-state index >= 15 is 0 Å². The second kappa shape index (κ2) is 9.75. The van der Waals surface area contributed by atoms with Gasteiger partial charge in [-0.3, -0.25) is 9.59 Å². The fourth-order valence-corrected chi connectivity index (χ4v) is 3.89. The molecular formula is C22H34N2O2. The third-order valence-corrected chi connectivity index (χ3v) is 5.62. The van der Waals surface area contributed by atoms with Crippen LogP contribution in [0.3, 0.4) is 0 Å². The minimum Gasteiger partial charge on any atom is -0.342 e. The second-order valence-electron chi connectivity index (χ2n) is 7.34. The number of likely N-dealkylation sites (N-methyl/N-ethyl adjacent to an activating group) is 1. The molecule has 0 atom stereocenters. The number of nitrogens with one attached hydrogen (secondary N) is 1. The Kier molecular flexibility index (Phi) is 7.67. The molecule has 0 heterocycles. The fraction of sp³-hybridized carbons (Fsp3) is 0.636. The molecule has 4 nitrogen and oxygen atoms in total. The van der Waals surface area contributed by atoms with Gasteiger partial charge in [-0.15, -0.1) is 0 Å². The number of nitrogens with zero attached hydrogens (tertiary/aromatic N) is 1. The molecule has 2 amide bonds. The summed E-state index contributed by atoms with van der Waals surface area (Å²) in [6.07, 6.45) is 6.85. The fourth-order valence-electron chi connectivity index (χ4n) is 3.89. The lowest BCUT2D eigenvalue weighted by atomic mass is 9.80. The maximum Gasteiger partial charge on any atom is 0.248 e.